The number of aromatic carboxylic acids is 1. The summed E-state index contributed by atoms with van der Waals surface area (Å²) in [7, 11) is -3.60. The Bertz CT molecular complexity index is 1400. The minimum atomic E-state index is -3.60. The molecular formula is C26H23NO4S2. The molecule has 1 aliphatic heterocycles. The molecule has 168 valence electrons. The maximum Gasteiger partial charge on any atom is 0.346 e. The summed E-state index contributed by atoms with van der Waals surface area (Å²) in [6.45, 7) is 0.743. The number of sulfonamides is 1. The molecule has 0 atom stereocenters. The number of rotatable bonds is 5. The van der Waals surface area contributed by atoms with E-state index in [9.17, 15) is 18.3 Å². The van der Waals surface area contributed by atoms with Gasteiger partial charge in [-0.1, -0.05) is 60.7 Å². The van der Waals surface area contributed by atoms with Crippen molar-refractivity contribution >= 4 is 37.4 Å². The Labute approximate surface area is 197 Å². The van der Waals surface area contributed by atoms with E-state index in [0.717, 1.165) is 26.8 Å². The van der Waals surface area contributed by atoms with Crippen molar-refractivity contribution in [3.05, 3.63) is 89.3 Å². The number of piperidine rings is 1. The van der Waals surface area contributed by atoms with Crippen molar-refractivity contribution in [2.24, 2.45) is 0 Å². The summed E-state index contributed by atoms with van der Waals surface area (Å²) in [6.07, 6.45) is 1.20. The second-order valence-electron chi connectivity index (χ2n) is 8.21. The van der Waals surface area contributed by atoms with Gasteiger partial charge in [-0.2, -0.15) is 4.31 Å². The molecule has 5 rings (SSSR count). The molecular weight excluding hydrogens is 454 g/mol. The predicted octanol–water partition coefficient (Wildman–Crippen LogP) is 5.83. The van der Waals surface area contributed by atoms with Gasteiger partial charge in [0.05, 0.1) is 4.90 Å². The van der Waals surface area contributed by atoms with E-state index in [1.165, 1.54) is 15.6 Å². The van der Waals surface area contributed by atoms with Gasteiger partial charge in [0.15, 0.2) is 0 Å². The standard InChI is InChI=1S/C26H23NO4S2/c28-26(29)25-24(22-8-4-5-9-23(22)32-25)20-14-16-27(17-15-20)33(30,31)21-12-10-19(11-13-21)18-6-2-1-3-7-18/h1-13,20H,14-17H2,(H,28,29). The molecule has 0 radical (unpaired) electrons. The van der Waals surface area contributed by atoms with Crippen molar-refractivity contribution in [2.45, 2.75) is 23.7 Å². The Morgan fingerprint density at radius 3 is 2.12 bits per heavy atom. The zero-order valence-corrected chi connectivity index (χ0v) is 19.5. The summed E-state index contributed by atoms with van der Waals surface area (Å²) >= 11 is 1.30. The molecule has 0 unspecified atom stereocenters. The first-order valence-electron chi connectivity index (χ1n) is 10.9. The average molecular weight is 478 g/mol. The van der Waals surface area contributed by atoms with Crippen LogP contribution < -0.4 is 0 Å². The van der Waals surface area contributed by atoms with E-state index in [4.69, 9.17) is 0 Å². The zero-order chi connectivity index (χ0) is 23.0. The Kier molecular flexibility index (Phi) is 5.78. The Hall–Kier alpha value is -3.00. The summed E-state index contributed by atoms with van der Waals surface area (Å²) in [5.41, 5.74) is 2.87. The van der Waals surface area contributed by atoms with Crippen LogP contribution >= 0.6 is 11.3 Å². The number of nitrogens with zero attached hydrogens (tertiary/aromatic N) is 1. The third-order valence-electron chi connectivity index (χ3n) is 6.29. The molecule has 33 heavy (non-hydrogen) atoms. The van der Waals surface area contributed by atoms with Gasteiger partial charge in [0.2, 0.25) is 10.0 Å². The highest BCUT2D eigenvalue weighted by atomic mass is 32.2. The van der Waals surface area contributed by atoms with Gasteiger partial charge in [-0.3, -0.25) is 0 Å². The number of hydrogen-bond acceptors (Lipinski definition) is 4. The summed E-state index contributed by atoms with van der Waals surface area (Å²) in [4.78, 5) is 12.5. The van der Waals surface area contributed by atoms with E-state index in [2.05, 4.69) is 0 Å². The van der Waals surface area contributed by atoms with Crippen LogP contribution in [0.2, 0.25) is 0 Å². The minimum absolute atomic E-state index is 0.0270. The summed E-state index contributed by atoms with van der Waals surface area (Å²) in [6, 6.07) is 24.6. The van der Waals surface area contributed by atoms with Crippen LogP contribution in [0.1, 0.15) is 34.0 Å². The van der Waals surface area contributed by atoms with Crippen molar-refractivity contribution in [3.8, 4) is 11.1 Å². The molecule has 0 amide bonds. The first-order valence-corrected chi connectivity index (χ1v) is 13.1. The molecule has 1 saturated heterocycles. The van der Waals surface area contributed by atoms with Crippen LogP contribution in [-0.4, -0.2) is 36.9 Å². The second-order valence-corrected chi connectivity index (χ2v) is 11.2. The van der Waals surface area contributed by atoms with Gasteiger partial charge in [0.1, 0.15) is 4.88 Å². The lowest BCUT2D eigenvalue weighted by molar-refractivity contribution is 0.0700. The molecule has 7 heteroatoms. The molecule has 1 aliphatic rings. The fourth-order valence-electron chi connectivity index (χ4n) is 4.61. The maximum atomic E-state index is 13.2. The van der Waals surface area contributed by atoms with Crippen LogP contribution in [0.15, 0.2) is 83.8 Å². The monoisotopic (exact) mass is 477 g/mol. The van der Waals surface area contributed by atoms with Crippen LogP contribution in [0.5, 0.6) is 0 Å². The molecule has 3 aromatic carbocycles. The Morgan fingerprint density at radius 1 is 0.848 bits per heavy atom. The van der Waals surface area contributed by atoms with Gasteiger partial charge in [-0.05, 0) is 59.0 Å². The molecule has 5 nitrogen and oxygen atoms in total. The highest BCUT2D eigenvalue weighted by Gasteiger charge is 2.33. The quantitative estimate of drug-likeness (QED) is 0.392. The molecule has 2 heterocycles. The minimum Gasteiger partial charge on any atom is -0.477 e. The number of fused-ring (bicyclic) bond motifs is 1. The lowest BCUT2D eigenvalue weighted by Crippen LogP contribution is -2.38. The molecule has 1 fully saturated rings. The van der Waals surface area contributed by atoms with Gasteiger partial charge in [-0.15, -0.1) is 11.3 Å². The van der Waals surface area contributed by atoms with Gasteiger partial charge in [0.25, 0.3) is 0 Å². The van der Waals surface area contributed by atoms with Crippen LogP contribution in [0, 0.1) is 0 Å². The number of thiophene rings is 1. The number of carboxylic acids is 1. The fraction of sp³-hybridized carbons (Fsp3) is 0.192. The van der Waals surface area contributed by atoms with Gasteiger partial charge < -0.3 is 5.11 Å². The van der Waals surface area contributed by atoms with Crippen molar-refractivity contribution in [1.29, 1.82) is 0 Å². The molecule has 1 N–H and O–H groups in total. The summed E-state index contributed by atoms with van der Waals surface area (Å²) in [5, 5.41) is 10.7. The highest BCUT2D eigenvalue weighted by Crippen LogP contribution is 2.41. The van der Waals surface area contributed by atoms with E-state index in [1.54, 1.807) is 12.1 Å². The van der Waals surface area contributed by atoms with Crippen molar-refractivity contribution < 1.29 is 18.3 Å². The smallest absolute Gasteiger partial charge is 0.346 e. The number of benzene rings is 3. The Morgan fingerprint density at radius 2 is 1.45 bits per heavy atom. The number of carboxylic acid groups (broad SMARTS) is 1. The number of hydrogen-bond donors (Lipinski definition) is 1. The predicted molar refractivity (Wildman–Crippen MR) is 131 cm³/mol. The van der Waals surface area contributed by atoms with E-state index in [0.29, 0.717) is 30.8 Å². The third kappa shape index (κ3) is 4.08. The number of carbonyl (C=O) groups is 1. The maximum absolute atomic E-state index is 13.2. The topological polar surface area (TPSA) is 74.7 Å². The lowest BCUT2D eigenvalue weighted by atomic mass is 9.88. The van der Waals surface area contributed by atoms with Crippen LogP contribution in [0.4, 0.5) is 0 Å². The van der Waals surface area contributed by atoms with Crippen LogP contribution in [0.25, 0.3) is 21.2 Å². The molecule has 0 saturated carbocycles. The van der Waals surface area contributed by atoms with E-state index in [1.807, 2.05) is 66.7 Å². The Balaban J connectivity index is 1.36. The van der Waals surface area contributed by atoms with Gasteiger partial charge >= 0.3 is 5.97 Å². The SMILES string of the molecule is O=C(O)c1sc2ccccc2c1C1CCN(S(=O)(=O)c2ccc(-c3ccccc3)cc2)CC1. The van der Waals surface area contributed by atoms with Gasteiger partial charge in [0, 0.05) is 17.8 Å². The molecule has 0 bridgehead atoms. The summed E-state index contributed by atoms with van der Waals surface area (Å²) in [5.74, 6) is -0.890. The van der Waals surface area contributed by atoms with E-state index in [-0.39, 0.29) is 10.8 Å². The normalized spacial score (nSPS) is 15.6. The van der Waals surface area contributed by atoms with Crippen molar-refractivity contribution in [3.63, 3.8) is 0 Å². The first kappa shape index (κ1) is 21.8. The molecule has 0 spiro atoms. The lowest BCUT2D eigenvalue weighted by Gasteiger charge is -2.31. The fourth-order valence-corrected chi connectivity index (χ4v) is 7.21. The van der Waals surface area contributed by atoms with Gasteiger partial charge in [-0.25, -0.2) is 13.2 Å². The van der Waals surface area contributed by atoms with Crippen LogP contribution in [-0.2, 0) is 10.0 Å². The van der Waals surface area contributed by atoms with Crippen molar-refractivity contribution in [1.82, 2.24) is 4.31 Å². The first-order chi connectivity index (χ1) is 15.9. The van der Waals surface area contributed by atoms with Crippen LogP contribution in [0.3, 0.4) is 0 Å². The third-order valence-corrected chi connectivity index (χ3v) is 9.38. The zero-order valence-electron chi connectivity index (χ0n) is 17.8. The average Bonchev–Trinajstić information content (AvgIpc) is 3.25. The highest BCUT2D eigenvalue weighted by molar-refractivity contribution is 7.89. The molecule has 4 aromatic rings. The molecule has 1 aromatic heterocycles. The largest absolute Gasteiger partial charge is 0.477 e. The van der Waals surface area contributed by atoms with E-state index < -0.39 is 16.0 Å². The van der Waals surface area contributed by atoms with Crippen molar-refractivity contribution in [2.75, 3.05) is 13.1 Å². The summed E-state index contributed by atoms with van der Waals surface area (Å²) < 4.78 is 29.0. The van der Waals surface area contributed by atoms with E-state index >= 15 is 0 Å². The second kappa shape index (κ2) is 8.74. The molecule has 0 aliphatic carbocycles.